The molecule has 0 saturated heterocycles. The molecule has 1 N–H and O–H groups in total. The van der Waals surface area contributed by atoms with Crippen molar-refractivity contribution < 1.29 is 5.11 Å². The van der Waals surface area contributed by atoms with Gasteiger partial charge in [0.1, 0.15) is 0 Å². The van der Waals surface area contributed by atoms with Crippen LogP contribution in [0.4, 0.5) is 0 Å². The van der Waals surface area contributed by atoms with Gasteiger partial charge in [-0.2, -0.15) is 0 Å². The molecule has 12 heavy (non-hydrogen) atoms. The summed E-state index contributed by atoms with van der Waals surface area (Å²) in [6, 6.07) is 0. The average molecular weight is 181 g/mol. The summed E-state index contributed by atoms with van der Waals surface area (Å²) < 4.78 is 0. The first-order valence-corrected chi connectivity index (χ1v) is 4.99. The topological polar surface area (TPSA) is 33.1 Å². The van der Waals surface area contributed by atoms with Gasteiger partial charge in [0.05, 0.1) is 17.3 Å². The zero-order valence-corrected chi connectivity index (χ0v) is 7.77. The third kappa shape index (κ3) is 1.19. The van der Waals surface area contributed by atoms with Crippen LogP contribution in [0.5, 0.6) is 0 Å². The fraction of sp³-hybridized carbons (Fsp3) is 0.444. The summed E-state index contributed by atoms with van der Waals surface area (Å²) in [6.45, 7) is 1.99. The maximum Gasteiger partial charge on any atom is 0.0798 e. The normalized spacial score (nSPS) is 23.7. The van der Waals surface area contributed by atoms with Crippen LogP contribution in [-0.2, 0) is 0 Å². The summed E-state index contributed by atoms with van der Waals surface area (Å²) in [5, 5.41) is 11.5. The SMILES string of the molecule is CC1=C(c2cscn2)CCC1O. The fourth-order valence-corrected chi connectivity index (χ4v) is 2.15. The molecule has 1 heterocycles. The molecule has 3 heteroatoms. The molecule has 0 amide bonds. The number of hydrogen-bond donors (Lipinski definition) is 1. The Balaban J connectivity index is 2.36. The lowest BCUT2D eigenvalue weighted by Gasteiger charge is -2.01. The van der Waals surface area contributed by atoms with Crippen molar-refractivity contribution in [1.29, 1.82) is 0 Å². The predicted octanol–water partition coefficient (Wildman–Crippen LogP) is 2.07. The van der Waals surface area contributed by atoms with E-state index < -0.39 is 0 Å². The third-order valence-electron chi connectivity index (χ3n) is 2.39. The van der Waals surface area contributed by atoms with Gasteiger partial charge in [0.15, 0.2) is 0 Å². The molecule has 2 nitrogen and oxygen atoms in total. The second-order valence-corrected chi connectivity index (χ2v) is 3.81. The van der Waals surface area contributed by atoms with Gasteiger partial charge in [-0.1, -0.05) is 0 Å². The first-order chi connectivity index (χ1) is 5.79. The number of aliphatic hydroxyl groups excluding tert-OH is 1. The molecule has 0 bridgehead atoms. The van der Waals surface area contributed by atoms with Crippen LogP contribution in [0.2, 0.25) is 0 Å². The highest BCUT2D eigenvalue weighted by Gasteiger charge is 2.21. The van der Waals surface area contributed by atoms with E-state index in [1.54, 1.807) is 11.3 Å². The van der Waals surface area contributed by atoms with Gasteiger partial charge in [-0.3, -0.25) is 0 Å². The van der Waals surface area contributed by atoms with Crippen molar-refractivity contribution in [2.75, 3.05) is 0 Å². The maximum absolute atomic E-state index is 9.48. The van der Waals surface area contributed by atoms with Gasteiger partial charge in [0.25, 0.3) is 0 Å². The third-order valence-corrected chi connectivity index (χ3v) is 2.97. The first kappa shape index (κ1) is 7.95. The number of thiazole rings is 1. The first-order valence-electron chi connectivity index (χ1n) is 4.05. The standard InChI is InChI=1S/C9H11NOS/c1-6-7(2-3-9(6)11)8-4-12-5-10-8/h4-5,9,11H,2-3H2,1H3. The van der Waals surface area contributed by atoms with Crippen molar-refractivity contribution in [1.82, 2.24) is 4.98 Å². The second kappa shape index (κ2) is 2.99. The minimum atomic E-state index is -0.235. The van der Waals surface area contributed by atoms with Crippen molar-refractivity contribution in [2.24, 2.45) is 0 Å². The van der Waals surface area contributed by atoms with E-state index in [1.807, 2.05) is 17.8 Å². The molecule has 1 atom stereocenters. The van der Waals surface area contributed by atoms with Crippen LogP contribution in [-0.4, -0.2) is 16.2 Å². The summed E-state index contributed by atoms with van der Waals surface area (Å²) in [4.78, 5) is 4.23. The molecule has 0 aromatic carbocycles. The molecule has 1 aliphatic rings. The van der Waals surface area contributed by atoms with E-state index in [9.17, 15) is 5.11 Å². The lowest BCUT2D eigenvalue weighted by Crippen LogP contribution is -2.00. The van der Waals surface area contributed by atoms with E-state index in [0.717, 1.165) is 24.1 Å². The Kier molecular flexibility index (Phi) is 1.98. The number of allylic oxidation sites excluding steroid dienone is 1. The Morgan fingerprint density at radius 3 is 3.00 bits per heavy atom. The van der Waals surface area contributed by atoms with Gasteiger partial charge in [-0.15, -0.1) is 11.3 Å². The van der Waals surface area contributed by atoms with Crippen LogP contribution in [0, 0.1) is 0 Å². The number of nitrogens with zero attached hydrogens (tertiary/aromatic N) is 1. The van der Waals surface area contributed by atoms with Gasteiger partial charge in [-0.05, 0) is 30.9 Å². The molecule has 0 spiro atoms. The molecule has 1 aliphatic carbocycles. The summed E-state index contributed by atoms with van der Waals surface area (Å²) in [5.41, 5.74) is 5.22. The molecule has 0 fully saturated rings. The van der Waals surface area contributed by atoms with Gasteiger partial charge < -0.3 is 5.11 Å². The van der Waals surface area contributed by atoms with Crippen LogP contribution < -0.4 is 0 Å². The van der Waals surface area contributed by atoms with E-state index in [0.29, 0.717) is 0 Å². The van der Waals surface area contributed by atoms with Crippen LogP contribution in [0.15, 0.2) is 16.5 Å². The minimum Gasteiger partial charge on any atom is -0.389 e. The van der Waals surface area contributed by atoms with Crippen molar-refractivity contribution in [2.45, 2.75) is 25.9 Å². The monoisotopic (exact) mass is 181 g/mol. The highest BCUT2D eigenvalue weighted by molar-refractivity contribution is 7.07. The Bertz CT molecular complexity index is 302. The summed E-state index contributed by atoms with van der Waals surface area (Å²) in [6.07, 6.45) is 1.59. The lowest BCUT2D eigenvalue weighted by atomic mass is 10.1. The maximum atomic E-state index is 9.48. The minimum absolute atomic E-state index is 0.235. The number of aliphatic hydroxyl groups is 1. The molecular weight excluding hydrogens is 170 g/mol. The van der Waals surface area contributed by atoms with Crippen molar-refractivity contribution >= 4 is 16.9 Å². The van der Waals surface area contributed by atoms with E-state index >= 15 is 0 Å². The molecule has 0 aliphatic heterocycles. The Hall–Kier alpha value is -0.670. The molecule has 64 valence electrons. The quantitative estimate of drug-likeness (QED) is 0.719. The van der Waals surface area contributed by atoms with Crippen molar-refractivity contribution in [3.05, 3.63) is 22.2 Å². The van der Waals surface area contributed by atoms with Crippen LogP contribution in [0.3, 0.4) is 0 Å². The van der Waals surface area contributed by atoms with Gasteiger partial charge in [0.2, 0.25) is 0 Å². The zero-order valence-electron chi connectivity index (χ0n) is 6.95. The number of aromatic nitrogens is 1. The Morgan fingerprint density at radius 2 is 2.50 bits per heavy atom. The second-order valence-electron chi connectivity index (χ2n) is 3.09. The van der Waals surface area contributed by atoms with Crippen molar-refractivity contribution in [3.8, 4) is 0 Å². The smallest absolute Gasteiger partial charge is 0.0798 e. The molecule has 2 rings (SSSR count). The van der Waals surface area contributed by atoms with E-state index in [1.165, 1.54) is 5.57 Å². The zero-order chi connectivity index (χ0) is 8.55. The lowest BCUT2D eigenvalue weighted by molar-refractivity contribution is 0.212. The largest absolute Gasteiger partial charge is 0.389 e. The predicted molar refractivity (Wildman–Crippen MR) is 49.9 cm³/mol. The molecule has 1 aromatic rings. The fourth-order valence-electron chi connectivity index (χ4n) is 1.59. The highest BCUT2D eigenvalue weighted by atomic mass is 32.1. The molecule has 1 unspecified atom stereocenters. The summed E-state index contributed by atoms with van der Waals surface area (Å²) in [5.74, 6) is 0. The van der Waals surface area contributed by atoms with Crippen LogP contribution >= 0.6 is 11.3 Å². The van der Waals surface area contributed by atoms with E-state index in [4.69, 9.17) is 0 Å². The van der Waals surface area contributed by atoms with Crippen LogP contribution in [0.25, 0.3) is 5.57 Å². The molecule has 0 saturated carbocycles. The molecular formula is C9H11NOS. The molecule has 1 aromatic heterocycles. The number of hydrogen-bond acceptors (Lipinski definition) is 3. The average Bonchev–Trinajstić information content (AvgIpc) is 2.64. The summed E-state index contributed by atoms with van der Waals surface area (Å²) in [7, 11) is 0. The van der Waals surface area contributed by atoms with Crippen molar-refractivity contribution in [3.63, 3.8) is 0 Å². The Labute approximate surface area is 75.6 Å². The summed E-state index contributed by atoms with van der Waals surface area (Å²) >= 11 is 1.60. The van der Waals surface area contributed by atoms with Crippen LogP contribution in [0.1, 0.15) is 25.5 Å². The van der Waals surface area contributed by atoms with Gasteiger partial charge >= 0.3 is 0 Å². The van der Waals surface area contributed by atoms with E-state index in [-0.39, 0.29) is 6.10 Å². The Morgan fingerprint density at radius 1 is 1.67 bits per heavy atom. The van der Waals surface area contributed by atoms with E-state index in [2.05, 4.69) is 4.98 Å². The van der Waals surface area contributed by atoms with Gasteiger partial charge in [0, 0.05) is 5.38 Å². The number of rotatable bonds is 1. The molecule has 0 radical (unpaired) electrons. The highest BCUT2D eigenvalue weighted by Crippen LogP contribution is 2.33. The van der Waals surface area contributed by atoms with Gasteiger partial charge in [-0.25, -0.2) is 4.98 Å².